The van der Waals surface area contributed by atoms with Gasteiger partial charge in [-0.25, -0.2) is 4.39 Å². The van der Waals surface area contributed by atoms with Crippen LogP contribution in [0.2, 0.25) is 5.02 Å². The third-order valence-corrected chi connectivity index (χ3v) is 3.51. The Morgan fingerprint density at radius 1 is 1.04 bits per heavy atom. The first kappa shape index (κ1) is 17.2. The van der Waals surface area contributed by atoms with E-state index in [4.69, 9.17) is 11.6 Å². The number of benzene rings is 1. The van der Waals surface area contributed by atoms with Gasteiger partial charge in [0.2, 0.25) is 0 Å². The van der Waals surface area contributed by atoms with Crippen LogP contribution in [0.25, 0.3) is 5.69 Å². The molecule has 25 heavy (non-hydrogen) atoms. The Bertz CT molecular complexity index is 853. The van der Waals surface area contributed by atoms with E-state index in [1.807, 2.05) is 0 Å². The van der Waals surface area contributed by atoms with Crippen LogP contribution in [0, 0.1) is 0 Å². The number of halogens is 5. The smallest absolute Gasteiger partial charge is 0.406 e. The van der Waals surface area contributed by atoms with Crippen molar-refractivity contribution in [2.24, 2.45) is 0 Å². The minimum atomic E-state index is -4.82. The molecule has 0 aliphatic rings. The predicted octanol–water partition coefficient (Wildman–Crippen LogP) is 4.27. The second-order valence-corrected chi connectivity index (χ2v) is 5.26. The molecule has 1 atom stereocenters. The van der Waals surface area contributed by atoms with E-state index in [0.29, 0.717) is 0 Å². The third-order valence-electron chi connectivity index (χ3n) is 3.21. The summed E-state index contributed by atoms with van der Waals surface area (Å²) in [6.45, 7) is 0. The number of ether oxygens (including phenoxy) is 1. The maximum Gasteiger partial charge on any atom is 0.573 e. The van der Waals surface area contributed by atoms with Gasteiger partial charge in [-0.15, -0.1) is 18.0 Å². The highest BCUT2D eigenvalue weighted by Crippen LogP contribution is 2.36. The van der Waals surface area contributed by atoms with E-state index in [9.17, 15) is 13.2 Å². The Morgan fingerprint density at radius 2 is 1.68 bits per heavy atom. The average molecular weight is 373 g/mol. The van der Waals surface area contributed by atoms with Gasteiger partial charge in [0.25, 0.3) is 0 Å². The molecule has 3 aromatic rings. The number of hydrogen-bond acceptors (Lipinski definition) is 4. The summed E-state index contributed by atoms with van der Waals surface area (Å²) in [6, 6.07) is 4.41. The summed E-state index contributed by atoms with van der Waals surface area (Å²) in [4.78, 5) is 5.04. The highest BCUT2D eigenvalue weighted by atomic mass is 35.5. The van der Waals surface area contributed by atoms with Crippen LogP contribution >= 0.6 is 11.6 Å². The Balaban J connectivity index is 1.95. The van der Waals surface area contributed by atoms with E-state index in [1.165, 1.54) is 36.9 Å². The summed E-state index contributed by atoms with van der Waals surface area (Å²) in [7, 11) is 0. The fourth-order valence-corrected chi connectivity index (χ4v) is 2.44. The zero-order valence-corrected chi connectivity index (χ0v) is 13.0. The first-order valence-corrected chi connectivity index (χ1v) is 7.23. The molecular formula is C15H9ClF4N4O. The number of rotatable bonds is 4. The van der Waals surface area contributed by atoms with E-state index in [-0.39, 0.29) is 21.8 Å². The molecule has 0 saturated carbocycles. The van der Waals surface area contributed by atoms with Crippen LogP contribution in [0.5, 0.6) is 5.75 Å². The van der Waals surface area contributed by atoms with Gasteiger partial charge in [-0.05, 0) is 17.7 Å². The lowest BCUT2D eigenvalue weighted by Gasteiger charge is -2.15. The molecule has 0 N–H and O–H groups in total. The zero-order valence-electron chi connectivity index (χ0n) is 12.3. The average Bonchev–Trinajstić information content (AvgIpc) is 3.07. The number of pyridine rings is 1. The summed E-state index contributed by atoms with van der Waals surface area (Å²) in [5.41, 5.74) is 0.369. The summed E-state index contributed by atoms with van der Waals surface area (Å²) in [6.07, 6.45) is -1.13. The molecule has 5 nitrogen and oxygen atoms in total. The number of aromatic nitrogens is 4. The Morgan fingerprint density at radius 3 is 2.28 bits per heavy atom. The second-order valence-electron chi connectivity index (χ2n) is 4.85. The second kappa shape index (κ2) is 6.67. The summed E-state index contributed by atoms with van der Waals surface area (Å²) in [5.74, 6) is -0.446. The molecule has 0 aliphatic carbocycles. The summed E-state index contributed by atoms with van der Waals surface area (Å²) >= 11 is 6.06. The highest BCUT2D eigenvalue weighted by Gasteiger charge is 2.31. The van der Waals surface area contributed by atoms with Crippen molar-refractivity contribution in [1.82, 2.24) is 20.0 Å². The van der Waals surface area contributed by atoms with Gasteiger partial charge < -0.3 is 4.74 Å². The normalized spacial score (nSPS) is 12.8. The van der Waals surface area contributed by atoms with Gasteiger partial charge in [-0.2, -0.15) is 10.2 Å². The van der Waals surface area contributed by atoms with Crippen molar-refractivity contribution in [3.63, 3.8) is 0 Å². The van der Waals surface area contributed by atoms with Crippen molar-refractivity contribution < 1.29 is 22.3 Å². The molecule has 2 heterocycles. The van der Waals surface area contributed by atoms with Gasteiger partial charge in [0.15, 0.2) is 6.17 Å². The number of nitrogens with zero attached hydrogens (tertiary/aromatic N) is 4. The Hall–Kier alpha value is -2.68. The van der Waals surface area contributed by atoms with Crippen molar-refractivity contribution in [2.75, 3.05) is 0 Å². The van der Waals surface area contributed by atoms with Crippen LogP contribution in [-0.2, 0) is 0 Å². The van der Waals surface area contributed by atoms with E-state index >= 15 is 4.39 Å². The molecule has 0 aliphatic heterocycles. The van der Waals surface area contributed by atoms with Gasteiger partial charge in [-0.1, -0.05) is 23.7 Å². The topological polar surface area (TPSA) is 52.8 Å². The van der Waals surface area contributed by atoms with E-state index in [1.54, 1.807) is 0 Å². The summed E-state index contributed by atoms with van der Waals surface area (Å²) < 4.78 is 55.3. The minimum Gasteiger partial charge on any atom is -0.406 e. The first-order chi connectivity index (χ1) is 11.8. The molecule has 0 bridgehead atoms. The van der Waals surface area contributed by atoms with Crippen LogP contribution in [0.1, 0.15) is 17.3 Å². The maximum absolute atomic E-state index is 15.0. The Labute approximate surface area is 143 Å². The largest absolute Gasteiger partial charge is 0.573 e. The van der Waals surface area contributed by atoms with Gasteiger partial charge in [0, 0.05) is 11.8 Å². The number of alkyl halides is 4. The SMILES string of the molecule is FC(c1ccc(OC(F)(F)F)cc1)c1c(Cl)cncc1-n1nccn1. The van der Waals surface area contributed by atoms with Gasteiger partial charge >= 0.3 is 6.36 Å². The highest BCUT2D eigenvalue weighted by molar-refractivity contribution is 6.31. The fraction of sp³-hybridized carbons (Fsp3) is 0.133. The maximum atomic E-state index is 15.0. The molecule has 0 saturated heterocycles. The molecule has 1 aromatic carbocycles. The van der Waals surface area contributed by atoms with Crippen molar-refractivity contribution in [3.8, 4) is 11.4 Å². The Kier molecular flexibility index (Phi) is 4.58. The van der Waals surface area contributed by atoms with Crippen molar-refractivity contribution in [3.05, 3.63) is 65.2 Å². The standard InChI is InChI=1S/C15H9ClF4N4O/c16-11-7-21-8-12(24-22-5-6-23-24)13(11)14(17)9-1-3-10(4-2-9)25-15(18,19)20/h1-8,14H. The molecule has 0 fully saturated rings. The summed E-state index contributed by atoms with van der Waals surface area (Å²) in [5, 5.41) is 7.87. The van der Waals surface area contributed by atoms with Crippen LogP contribution in [0.3, 0.4) is 0 Å². The van der Waals surface area contributed by atoms with Crippen molar-refractivity contribution in [1.29, 1.82) is 0 Å². The molecular weight excluding hydrogens is 364 g/mol. The van der Waals surface area contributed by atoms with Gasteiger partial charge in [-0.3, -0.25) is 4.98 Å². The monoisotopic (exact) mass is 372 g/mol. The van der Waals surface area contributed by atoms with Crippen LogP contribution in [0.4, 0.5) is 17.6 Å². The van der Waals surface area contributed by atoms with E-state index < -0.39 is 18.3 Å². The van der Waals surface area contributed by atoms with Gasteiger partial charge in [0.05, 0.1) is 23.6 Å². The van der Waals surface area contributed by atoms with Crippen molar-refractivity contribution in [2.45, 2.75) is 12.5 Å². The molecule has 1 unspecified atom stereocenters. The lowest BCUT2D eigenvalue weighted by Crippen LogP contribution is -2.17. The molecule has 0 radical (unpaired) electrons. The fourth-order valence-electron chi connectivity index (χ4n) is 2.19. The molecule has 10 heteroatoms. The molecule has 0 spiro atoms. The lowest BCUT2D eigenvalue weighted by molar-refractivity contribution is -0.274. The molecule has 0 amide bonds. The van der Waals surface area contributed by atoms with Gasteiger partial charge in [0.1, 0.15) is 11.4 Å². The first-order valence-electron chi connectivity index (χ1n) is 6.85. The quantitative estimate of drug-likeness (QED) is 0.642. The van der Waals surface area contributed by atoms with Crippen LogP contribution in [-0.4, -0.2) is 26.3 Å². The number of hydrogen-bond donors (Lipinski definition) is 0. The molecule has 130 valence electrons. The molecule has 2 aromatic heterocycles. The lowest BCUT2D eigenvalue weighted by atomic mass is 10.0. The van der Waals surface area contributed by atoms with E-state index in [0.717, 1.165) is 16.9 Å². The third kappa shape index (κ3) is 3.87. The van der Waals surface area contributed by atoms with E-state index in [2.05, 4.69) is 19.9 Å². The molecule has 3 rings (SSSR count). The van der Waals surface area contributed by atoms with Crippen LogP contribution < -0.4 is 4.74 Å². The van der Waals surface area contributed by atoms with Crippen LogP contribution in [0.15, 0.2) is 49.1 Å². The predicted molar refractivity (Wildman–Crippen MR) is 80.2 cm³/mol. The van der Waals surface area contributed by atoms with Crippen molar-refractivity contribution >= 4 is 11.6 Å². The minimum absolute atomic E-state index is 0.0397. The zero-order chi connectivity index (χ0) is 18.0.